The first-order chi connectivity index (χ1) is 9.56. The maximum Gasteiger partial charge on any atom is 0.207 e. The van der Waals surface area contributed by atoms with Gasteiger partial charge in [0.2, 0.25) is 5.43 Å². The molecule has 1 aromatic heterocycles. The van der Waals surface area contributed by atoms with E-state index in [1.807, 2.05) is 49.2 Å². The van der Waals surface area contributed by atoms with Crippen LogP contribution >= 0.6 is 11.8 Å². The van der Waals surface area contributed by atoms with Crippen LogP contribution in [-0.2, 0) is 6.54 Å². The lowest BCUT2D eigenvalue weighted by atomic mass is 10.1. The highest BCUT2D eigenvalue weighted by Gasteiger charge is 2.09. The number of nitrogens with zero attached hydrogens (tertiary/aromatic N) is 3. The summed E-state index contributed by atoms with van der Waals surface area (Å²) in [4.78, 5) is 15.4. The Kier molecular flexibility index (Phi) is 4.48. The molecule has 0 radical (unpaired) electrons. The topological polar surface area (TPSA) is 49.0 Å². The lowest BCUT2D eigenvalue weighted by Gasteiger charge is -2.15. The van der Waals surface area contributed by atoms with Crippen molar-refractivity contribution in [2.75, 3.05) is 26.9 Å². The summed E-state index contributed by atoms with van der Waals surface area (Å²) in [5, 5.41) is 9.75. The van der Waals surface area contributed by atoms with Gasteiger partial charge in [-0.3, -0.25) is 4.79 Å². The van der Waals surface area contributed by atoms with Crippen molar-refractivity contribution in [3.8, 4) is 6.07 Å². The van der Waals surface area contributed by atoms with Crippen LogP contribution in [0.2, 0.25) is 0 Å². The lowest BCUT2D eigenvalue weighted by molar-refractivity contribution is 0.386. The molecule has 0 aliphatic rings. The van der Waals surface area contributed by atoms with E-state index in [9.17, 15) is 4.79 Å². The summed E-state index contributed by atoms with van der Waals surface area (Å²) in [5.74, 6) is 0. The number of aromatic nitrogens is 1. The van der Waals surface area contributed by atoms with Crippen molar-refractivity contribution >= 4 is 22.7 Å². The number of fused-ring (bicyclic) bond motifs is 1. The summed E-state index contributed by atoms with van der Waals surface area (Å²) in [7, 11) is 4.00. The number of thioether (sulfide) groups is 1. The molecule has 0 bridgehead atoms. The molecule has 0 aliphatic carbocycles. The van der Waals surface area contributed by atoms with Gasteiger partial charge in [0.25, 0.3) is 0 Å². The minimum absolute atomic E-state index is 0.181. The van der Waals surface area contributed by atoms with Gasteiger partial charge in [-0.15, -0.1) is 11.8 Å². The van der Waals surface area contributed by atoms with Crippen LogP contribution in [0.3, 0.4) is 0 Å². The first-order valence-electron chi connectivity index (χ1n) is 6.33. The number of pyridine rings is 1. The highest BCUT2D eigenvalue weighted by Crippen LogP contribution is 2.20. The predicted molar refractivity (Wildman–Crippen MR) is 83.3 cm³/mol. The van der Waals surface area contributed by atoms with Crippen LogP contribution in [-0.4, -0.2) is 36.4 Å². The average molecular weight is 287 g/mol. The van der Waals surface area contributed by atoms with E-state index in [-0.39, 0.29) is 11.0 Å². The first kappa shape index (κ1) is 14.6. The number of nitriles is 1. The molecule has 2 rings (SSSR count). The molecule has 5 heteroatoms. The average Bonchev–Trinajstić information content (AvgIpc) is 2.46. The van der Waals surface area contributed by atoms with Gasteiger partial charge in [-0.05, 0) is 38.6 Å². The Balaban J connectivity index is 2.65. The molecule has 1 heterocycles. The number of rotatable bonds is 4. The summed E-state index contributed by atoms with van der Waals surface area (Å²) in [5.41, 5.74) is 0.905. The number of hydrogen-bond acceptors (Lipinski definition) is 4. The molecular weight excluding hydrogens is 270 g/mol. The highest BCUT2D eigenvalue weighted by molar-refractivity contribution is 7.98. The standard InChI is InChI=1S/C15H17N3OS/c1-17(2)6-7-18-10-11(9-16)15(19)13-8-12(20-3)4-5-14(13)18/h4-5,8,10H,6-7H2,1-3H3. The van der Waals surface area contributed by atoms with Gasteiger partial charge in [0.15, 0.2) is 0 Å². The summed E-state index contributed by atoms with van der Waals surface area (Å²) in [6.45, 7) is 1.60. The zero-order valence-corrected chi connectivity index (χ0v) is 12.7. The second kappa shape index (κ2) is 6.12. The quantitative estimate of drug-likeness (QED) is 0.809. The second-order valence-electron chi connectivity index (χ2n) is 4.86. The smallest absolute Gasteiger partial charge is 0.207 e. The third-order valence-corrected chi connectivity index (χ3v) is 3.92. The van der Waals surface area contributed by atoms with Gasteiger partial charge in [-0.25, -0.2) is 0 Å². The van der Waals surface area contributed by atoms with Crippen molar-refractivity contribution in [2.45, 2.75) is 11.4 Å². The lowest BCUT2D eigenvalue weighted by Crippen LogP contribution is -2.21. The summed E-state index contributed by atoms with van der Waals surface area (Å²) >= 11 is 1.59. The minimum Gasteiger partial charge on any atom is -0.345 e. The Morgan fingerprint density at radius 3 is 2.75 bits per heavy atom. The van der Waals surface area contributed by atoms with Crippen molar-refractivity contribution in [3.05, 3.63) is 40.2 Å². The highest BCUT2D eigenvalue weighted by atomic mass is 32.2. The van der Waals surface area contributed by atoms with Gasteiger partial charge >= 0.3 is 0 Å². The van der Waals surface area contributed by atoms with Crippen molar-refractivity contribution in [2.24, 2.45) is 0 Å². The van der Waals surface area contributed by atoms with Gasteiger partial charge in [-0.1, -0.05) is 0 Å². The van der Waals surface area contributed by atoms with Crippen molar-refractivity contribution in [3.63, 3.8) is 0 Å². The van der Waals surface area contributed by atoms with Gasteiger partial charge in [0.05, 0.1) is 5.52 Å². The second-order valence-corrected chi connectivity index (χ2v) is 5.74. The molecule has 1 aromatic carbocycles. The predicted octanol–water partition coefficient (Wildman–Crippen LogP) is 2.16. The van der Waals surface area contributed by atoms with Crippen LogP contribution in [0.15, 0.2) is 34.1 Å². The van der Waals surface area contributed by atoms with Crippen LogP contribution in [0.25, 0.3) is 10.9 Å². The van der Waals surface area contributed by atoms with Crippen molar-refractivity contribution in [1.82, 2.24) is 9.47 Å². The maximum atomic E-state index is 12.3. The molecule has 20 heavy (non-hydrogen) atoms. The molecule has 0 spiro atoms. The van der Waals surface area contributed by atoms with E-state index >= 15 is 0 Å². The molecular formula is C15H17N3OS. The van der Waals surface area contributed by atoms with Crippen LogP contribution in [0.4, 0.5) is 0 Å². The molecule has 4 nitrogen and oxygen atoms in total. The van der Waals surface area contributed by atoms with Crippen LogP contribution < -0.4 is 5.43 Å². The van der Waals surface area contributed by atoms with E-state index in [0.717, 1.165) is 23.5 Å². The van der Waals surface area contributed by atoms with Gasteiger partial charge in [0, 0.05) is 29.6 Å². The number of benzene rings is 1. The van der Waals surface area contributed by atoms with E-state index < -0.39 is 0 Å². The van der Waals surface area contributed by atoms with Crippen LogP contribution in [0, 0.1) is 11.3 Å². The summed E-state index contributed by atoms with van der Waals surface area (Å²) in [6, 6.07) is 7.83. The molecule has 0 fully saturated rings. The van der Waals surface area contributed by atoms with E-state index in [4.69, 9.17) is 5.26 Å². The molecule has 2 aromatic rings. The SMILES string of the molecule is CSc1ccc2c(c1)c(=O)c(C#N)cn2CCN(C)C. The fourth-order valence-corrected chi connectivity index (χ4v) is 2.52. The third kappa shape index (κ3) is 2.87. The fourth-order valence-electron chi connectivity index (χ4n) is 2.08. The van der Waals surface area contributed by atoms with Crippen LogP contribution in [0.5, 0.6) is 0 Å². The molecule has 0 saturated carbocycles. The van der Waals surface area contributed by atoms with E-state index in [1.165, 1.54) is 0 Å². The zero-order chi connectivity index (χ0) is 14.7. The van der Waals surface area contributed by atoms with Crippen molar-refractivity contribution in [1.29, 1.82) is 5.26 Å². The Morgan fingerprint density at radius 2 is 2.15 bits per heavy atom. The van der Waals surface area contributed by atoms with E-state index in [1.54, 1.807) is 18.0 Å². The molecule has 0 saturated heterocycles. The maximum absolute atomic E-state index is 12.3. The van der Waals surface area contributed by atoms with Gasteiger partial charge < -0.3 is 9.47 Å². The Bertz CT molecular complexity index is 728. The monoisotopic (exact) mass is 287 g/mol. The molecule has 0 unspecified atom stereocenters. The summed E-state index contributed by atoms with van der Waals surface area (Å²) in [6.07, 6.45) is 3.63. The molecule has 0 amide bonds. The van der Waals surface area contributed by atoms with Gasteiger partial charge in [0.1, 0.15) is 11.6 Å². The Morgan fingerprint density at radius 1 is 1.40 bits per heavy atom. The van der Waals surface area contributed by atoms with Crippen LogP contribution in [0.1, 0.15) is 5.56 Å². The molecule has 0 N–H and O–H groups in total. The Hall–Kier alpha value is -1.77. The summed E-state index contributed by atoms with van der Waals surface area (Å²) < 4.78 is 1.99. The van der Waals surface area contributed by atoms with E-state index in [2.05, 4.69) is 4.90 Å². The fraction of sp³-hybridized carbons (Fsp3) is 0.333. The Labute approximate surface area is 122 Å². The largest absolute Gasteiger partial charge is 0.345 e. The number of likely N-dealkylation sites (N-methyl/N-ethyl adjacent to an activating group) is 1. The molecule has 0 atom stereocenters. The molecule has 0 aliphatic heterocycles. The van der Waals surface area contributed by atoms with Crippen molar-refractivity contribution < 1.29 is 0 Å². The van der Waals surface area contributed by atoms with E-state index in [0.29, 0.717) is 5.39 Å². The zero-order valence-electron chi connectivity index (χ0n) is 11.9. The minimum atomic E-state index is -0.181. The van der Waals surface area contributed by atoms with Gasteiger partial charge in [-0.2, -0.15) is 5.26 Å². The first-order valence-corrected chi connectivity index (χ1v) is 7.55. The number of hydrogen-bond donors (Lipinski definition) is 0. The third-order valence-electron chi connectivity index (χ3n) is 3.20. The molecule has 104 valence electrons. The normalized spacial score (nSPS) is 10.9.